The standard InChI is InChI=1S/C34H35ClF4N8O3/c1-32(2,3)17-33(22-8-5-19(6-9-22)21-14-42-45(4)15-21)30(49)46(31(40)44-33)26(16-50-27(48)12-23-13-34(23,38)39)20-7-10-24(35)25(11-20)47-29(28(36)37)41-18-43-47/h5-11,14-15,18,23,26,28H,12-13,16-17H2,1-4H3,(H2,40,44)/t23-,26+,33+/m0/s1. The number of guanidine groups is 1. The Morgan fingerprint density at radius 2 is 1.82 bits per heavy atom. The predicted octanol–water partition coefficient (Wildman–Crippen LogP) is 6.38. The number of ether oxygens (including phenoxy) is 1. The van der Waals surface area contributed by atoms with E-state index in [4.69, 9.17) is 27.1 Å². The molecule has 4 aromatic rings. The Labute approximate surface area is 290 Å². The number of aliphatic imine (C=N–C) groups is 1. The minimum Gasteiger partial charge on any atom is -0.463 e. The van der Waals surface area contributed by atoms with Crippen LogP contribution < -0.4 is 5.73 Å². The van der Waals surface area contributed by atoms with E-state index in [1.54, 1.807) is 23.0 Å². The van der Waals surface area contributed by atoms with E-state index in [1.807, 2.05) is 46.1 Å². The minimum atomic E-state index is -2.99. The molecule has 11 nitrogen and oxygen atoms in total. The normalized spacial score (nSPS) is 20.7. The molecule has 1 aliphatic heterocycles. The van der Waals surface area contributed by atoms with Crippen molar-refractivity contribution in [1.29, 1.82) is 0 Å². The summed E-state index contributed by atoms with van der Waals surface area (Å²) in [5, 5.41) is 8.17. The predicted molar refractivity (Wildman–Crippen MR) is 176 cm³/mol. The SMILES string of the molecule is Cn1cc(-c2ccc([C@@]3(CC(C)(C)C)N=C(N)N([C@H](COC(=O)C[C@H]4CC4(F)F)c4ccc(Cl)c(-n5ncnc5C(F)F)c4)C3=O)cc2)cn1. The highest BCUT2D eigenvalue weighted by Crippen LogP contribution is 2.51. The Kier molecular flexibility index (Phi) is 8.99. The van der Waals surface area contributed by atoms with Gasteiger partial charge in [0.15, 0.2) is 17.3 Å². The summed E-state index contributed by atoms with van der Waals surface area (Å²) in [7, 11) is 1.81. The van der Waals surface area contributed by atoms with Crippen LogP contribution in [-0.4, -0.2) is 59.8 Å². The third kappa shape index (κ3) is 6.82. The summed E-state index contributed by atoms with van der Waals surface area (Å²) in [4.78, 5) is 37.2. The monoisotopic (exact) mass is 714 g/mol. The van der Waals surface area contributed by atoms with Crippen LogP contribution in [-0.2, 0) is 26.9 Å². The van der Waals surface area contributed by atoms with Crippen LogP contribution in [0.1, 0.15) is 69.5 Å². The van der Waals surface area contributed by atoms with Crippen LogP contribution in [0.25, 0.3) is 16.8 Å². The van der Waals surface area contributed by atoms with Gasteiger partial charge < -0.3 is 10.5 Å². The van der Waals surface area contributed by atoms with E-state index in [-0.39, 0.29) is 28.7 Å². The average molecular weight is 715 g/mol. The molecular formula is C34H35ClF4N8O3. The topological polar surface area (TPSA) is 134 Å². The number of amides is 1. The Hall–Kier alpha value is -4.79. The Morgan fingerprint density at radius 3 is 2.42 bits per heavy atom. The van der Waals surface area contributed by atoms with Crippen molar-refractivity contribution in [1.82, 2.24) is 29.4 Å². The minimum absolute atomic E-state index is 0.0139. The number of hydrogen-bond donors (Lipinski definition) is 1. The zero-order valence-electron chi connectivity index (χ0n) is 27.7. The van der Waals surface area contributed by atoms with E-state index in [9.17, 15) is 27.2 Å². The highest BCUT2D eigenvalue weighted by atomic mass is 35.5. The molecule has 0 spiro atoms. The van der Waals surface area contributed by atoms with Gasteiger partial charge in [-0.3, -0.25) is 19.2 Å². The number of nitrogens with zero attached hydrogens (tertiary/aromatic N) is 7. The van der Waals surface area contributed by atoms with Gasteiger partial charge in [0.25, 0.3) is 18.3 Å². The maximum atomic E-state index is 14.9. The molecule has 3 atom stereocenters. The molecule has 1 fully saturated rings. The van der Waals surface area contributed by atoms with E-state index in [0.29, 0.717) is 5.56 Å². The molecule has 3 heterocycles. The van der Waals surface area contributed by atoms with Gasteiger partial charge in [-0.2, -0.15) is 10.2 Å². The molecule has 2 aromatic carbocycles. The first kappa shape index (κ1) is 35.1. The number of alkyl halides is 4. The first-order chi connectivity index (χ1) is 23.5. The smallest absolute Gasteiger partial charge is 0.306 e. The van der Waals surface area contributed by atoms with E-state index in [1.165, 1.54) is 23.1 Å². The first-order valence-electron chi connectivity index (χ1n) is 15.8. The lowest BCUT2D eigenvalue weighted by molar-refractivity contribution is -0.148. The summed E-state index contributed by atoms with van der Waals surface area (Å²) >= 11 is 6.44. The highest BCUT2D eigenvalue weighted by Gasteiger charge is 2.58. The van der Waals surface area contributed by atoms with Crippen molar-refractivity contribution >= 4 is 29.4 Å². The fourth-order valence-corrected chi connectivity index (χ4v) is 6.51. The molecule has 2 aliphatic rings. The van der Waals surface area contributed by atoms with Crippen LogP contribution in [0.4, 0.5) is 17.6 Å². The van der Waals surface area contributed by atoms with Crippen LogP contribution in [0.15, 0.2) is 66.2 Å². The van der Waals surface area contributed by atoms with Gasteiger partial charge in [0.05, 0.1) is 29.4 Å². The third-order valence-electron chi connectivity index (χ3n) is 8.75. The summed E-state index contributed by atoms with van der Waals surface area (Å²) < 4.78 is 62.8. The molecule has 0 unspecified atom stereocenters. The summed E-state index contributed by atoms with van der Waals surface area (Å²) in [6.07, 6.45) is 0.838. The van der Waals surface area contributed by atoms with E-state index in [0.717, 1.165) is 22.1 Å². The number of carbonyl (C=O) groups excluding carboxylic acids is 2. The Balaban J connectivity index is 1.40. The molecular weight excluding hydrogens is 680 g/mol. The number of hydrogen-bond acceptors (Lipinski definition) is 8. The number of halogens is 5. The molecule has 1 saturated carbocycles. The van der Waals surface area contributed by atoms with Crippen molar-refractivity contribution in [2.75, 3.05) is 6.61 Å². The largest absolute Gasteiger partial charge is 0.463 e. The van der Waals surface area contributed by atoms with Gasteiger partial charge in [-0.1, -0.05) is 62.7 Å². The van der Waals surface area contributed by atoms with Crippen molar-refractivity contribution in [3.63, 3.8) is 0 Å². The molecule has 264 valence electrons. The summed E-state index contributed by atoms with van der Waals surface area (Å²) in [5.74, 6) is -6.35. The Morgan fingerprint density at radius 1 is 1.12 bits per heavy atom. The quantitative estimate of drug-likeness (QED) is 0.141. The fraction of sp³-hybridized carbons (Fsp3) is 0.412. The maximum absolute atomic E-state index is 14.9. The van der Waals surface area contributed by atoms with Crippen LogP contribution in [0.5, 0.6) is 0 Å². The zero-order valence-corrected chi connectivity index (χ0v) is 28.4. The van der Waals surface area contributed by atoms with Crippen molar-refractivity contribution in [2.45, 2.75) is 64.0 Å². The van der Waals surface area contributed by atoms with Gasteiger partial charge in [-0.25, -0.2) is 32.2 Å². The number of rotatable bonds is 11. The van der Waals surface area contributed by atoms with Gasteiger partial charge >= 0.3 is 5.97 Å². The van der Waals surface area contributed by atoms with E-state index < -0.39 is 72.4 Å². The average Bonchev–Trinajstić information content (AvgIpc) is 3.45. The maximum Gasteiger partial charge on any atom is 0.306 e. The summed E-state index contributed by atoms with van der Waals surface area (Å²) in [6, 6.07) is 10.5. The lowest BCUT2D eigenvalue weighted by Crippen LogP contribution is -2.47. The van der Waals surface area contributed by atoms with E-state index >= 15 is 0 Å². The summed E-state index contributed by atoms with van der Waals surface area (Å²) in [5.41, 5.74) is 7.21. The number of esters is 1. The molecule has 16 heteroatoms. The highest BCUT2D eigenvalue weighted by molar-refractivity contribution is 6.32. The van der Waals surface area contributed by atoms with Crippen molar-refractivity contribution in [3.05, 3.63) is 83.2 Å². The van der Waals surface area contributed by atoms with Gasteiger partial charge in [0.1, 0.15) is 12.9 Å². The number of aryl methyl sites for hydroxylation is 1. The van der Waals surface area contributed by atoms with E-state index in [2.05, 4.69) is 15.2 Å². The second-order valence-electron chi connectivity index (χ2n) is 13.8. The van der Waals surface area contributed by atoms with Gasteiger partial charge in [0.2, 0.25) is 0 Å². The Bertz CT molecular complexity index is 1960. The third-order valence-corrected chi connectivity index (χ3v) is 9.07. The van der Waals surface area contributed by atoms with Crippen molar-refractivity contribution in [2.24, 2.45) is 29.1 Å². The molecule has 1 aliphatic carbocycles. The molecule has 2 N–H and O–H groups in total. The molecule has 2 aromatic heterocycles. The van der Waals surface area contributed by atoms with Crippen molar-refractivity contribution in [3.8, 4) is 16.8 Å². The molecule has 0 bridgehead atoms. The van der Waals surface area contributed by atoms with Crippen LogP contribution in [0, 0.1) is 11.3 Å². The number of nitrogens with two attached hydrogens (primary N) is 1. The molecule has 1 amide bonds. The van der Waals surface area contributed by atoms with Crippen molar-refractivity contribution < 1.29 is 31.9 Å². The number of aromatic nitrogens is 5. The van der Waals surface area contributed by atoms with Gasteiger partial charge in [-0.05, 0) is 40.7 Å². The molecule has 0 radical (unpaired) electrons. The fourth-order valence-electron chi connectivity index (χ4n) is 6.31. The van der Waals surface area contributed by atoms with Crippen LogP contribution in [0.3, 0.4) is 0 Å². The second-order valence-corrected chi connectivity index (χ2v) is 14.2. The van der Waals surface area contributed by atoms with Crippen LogP contribution >= 0.6 is 11.6 Å². The number of carbonyl (C=O) groups is 2. The molecule has 6 rings (SSSR count). The molecule has 0 saturated heterocycles. The van der Waals surface area contributed by atoms with Crippen LogP contribution in [0.2, 0.25) is 5.02 Å². The van der Waals surface area contributed by atoms with Gasteiger partial charge in [0, 0.05) is 31.1 Å². The lowest BCUT2D eigenvalue weighted by atomic mass is 9.75. The van der Waals surface area contributed by atoms with Gasteiger partial charge in [-0.15, -0.1) is 0 Å². The summed E-state index contributed by atoms with van der Waals surface area (Å²) in [6.45, 7) is 5.36. The first-order valence-corrected chi connectivity index (χ1v) is 16.2. The zero-order chi connectivity index (χ0) is 36.2. The second kappa shape index (κ2) is 12.8. The lowest BCUT2D eigenvalue weighted by Gasteiger charge is -2.35. The molecule has 50 heavy (non-hydrogen) atoms. The number of benzene rings is 2.